The number of nitrogens with one attached hydrogen (secondary N) is 1. The minimum atomic E-state index is -1.04. The zero-order chi connectivity index (χ0) is 23.2. The molecule has 2 heterocycles. The van der Waals surface area contributed by atoms with Crippen LogP contribution in [0.2, 0.25) is 0 Å². The number of nitrogens with zero attached hydrogens (tertiary/aromatic N) is 2. The SMILES string of the molecule is O=C(Nc1ccc(N2CCC(CCN3CCCCC3)CC2)c(C(=O)O)c1)c1ccccc1F. The van der Waals surface area contributed by atoms with Gasteiger partial charge in [0.05, 0.1) is 16.8 Å². The van der Waals surface area contributed by atoms with Gasteiger partial charge in [0.15, 0.2) is 0 Å². The van der Waals surface area contributed by atoms with Gasteiger partial charge in [0.25, 0.3) is 5.91 Å². The molecule has 0 saturated carbocycles. The molecule has 2 aromatic carbocycles. The standard InChI is InChI=1S/C26H32FN3O3/c27-23-7-3-2-6-21(23)25(31)28-20-8-9-24(22(18-20)26(32)33)30-16-11-19(12-17-30)10-15-29-13-4-1-5-14-29/h2-3,6-9,18-19H,1,4-5,10-17H2,(H,28,31)(H,32,33). The molecule has 7 heteroatoms. The van der Waals surface area contributed by atoms with E-state index in [-0.39, 0.29) is 11.1 Å². The number of aromatic carboxylic acids is 1. The second-order valence-electron chi connectivity index (χ2n) is 9.09. The first-order valence-corrected chi connectivity index (χ1v) is 11.9. The van der Waals surface area contributed by atoms with Gasteiger partial charge < -0.3 is 20.2 Å². The predicted molar refractivity (Wildman–Crippen MR) is 128 cm³/mol. The molecule has 0 aromatic heterocycles. The fraction of sp³-hybridized carbons (Fsp3) is 0.462. The lowest BCUT2D eigenvalue weighted by Crippen LogP contribution is -2.37. The summed E-state index contributed by atoms with van der Waals surface area (Å²) in [7, 11) is 0. The topological polar surface area (TPSA) is 72.9 Å². The lowest BCUT2D eigenvalue weighted by Gasteiger charge is -2.35. The maximum atomic E-state index is 13.9. The quantitative estimate of drug-likeness (QED) is 0.626. The maximum Gasteiger partial charge on any atom is 0.337 e. The fourth-order valence-electron chi connectivity index (χ4n) is 4.92. The highest BCUT2D eigenvalue weighted by atomic mass is 19.1. The Morgan fingerprint density at radius 1 is 0.970 bits per heavy atom. The van der Waals surface area contributed by atoms with Crippen molar-refractivity contribution in [1.29, 1.82) is 0 Å². The first-order chi connectivity index (χ1) is 16.0. The minimum Gasteiger partial charge on any atom is -0.478 e. The smallest absolute Gasteiger partial charge is 0.337 e. The van der Waals surface area contributed by atoms with E-state index in [0.29, 0.717) is 17.3 Å². The first kappa shape index (κ1) is 23.2. The maximum absolute atomic E-state index is 13.9. The summed E-state index contributed by atoms with van der Waals surface area (Å²) in [6, 6.07) is 10.6. The van der Waals surface area contributed by atoms with Crippen LogP contribution in [0.15, 0.2) is 42.5 Å². The number of piperidine rings is 2. The van der Waals surface area contributed by atoms with Gasteiger partial charge in [-0.3, -0.25) is 4.79 Å². The van der Waals surface area contributed by atoms with Crippen LogP contribution in [0, 0.1) is 11.7 Å². The number of carboxylic acids is 1. The zero-order valence-electron chi connectivity index (χ0n) is 18.9. The summed E-state index contributed by atoms with van der Waals surface area (Å²) in [5, 5.41) is 12.4. The van der Waals surface area contributed by atoms with E-state index >= 15 is 0 Å². The van der Waals surface area contributed by atoms with Crippen molar-refractivity contribution in [2.45, 2.75) is 38.5 Å². The van der Waals surface area contributed by atoms with Crippen molar-refractivity contribution in [2.75, 3.05) is 42.9 Å². The molecular formula is C26H32FN3O3. The number of carboxylic acid groups (broad SMARTS) is 1. The molecule has 0 aliphatic carbocycles. The van der Waals surface area contributed by atoms with Crippen molar-refractivity contribution in [3.63, 3.8) is 0 Å². The van der Waals surface area contributed by atoms with Crippen molar-refractivity contribution < 1.29 is 19.1 Å². The third-order valence-electron chi connectivity index (χ3n) is 6.86. The molecule has 1 amide bonds. The van der Waals surface area contributed by atoms with Crippen LogP contribution in [0.3, 0.4) is 0 Å². The molecule has 2 fully saturated rings. The van der Waals surface area contributed by atoms with E-state index in [4.69, 9.17) is 0 Å². The van der Waals surface area contributed by atoms with Gasteiger partial charge in [-0.25, -0.2) is 9.18 Å². The third-order valence-corrected chi connectivity index (χ3v) is 6.86. The molecule has 33 heavy (non-hydrogen) atoms. The van der Waals surface area contributed by atoms with Gasteiger partial charge in [-0.15, -0.1) is 0 Å². The molecule has 2 N–H and O–H groups in total. The van der Waals surface area contributed by atoms with Gasteiger partial charge in [-0.05, 0) is 88.0 Å². The first-order valence-electron chi connectivity index (χ1n) is 11.9. The number of hydrogen-bond donors (Lipinski definition) is 2. The van der Waals surface area contributed by atoms with Crippen LogP contribution in [-0.2, 0) is 0 Å². The highest BCUT2D eigenvalue weighted by molar-refractivity contribution is 6.05. The Balaban J connectivity index is 1.37. The average Bonchev–Trinajstić information content (AvgIpc) is 2.84. The van der Waals surface area contributed by atoms with Crippen LogP contribution >= 0.6 is 0 Å². The number of likely N-dealkylation sites (tertiary alicyclic amines) is 1. The lowest BCUT2D eigenvalue weighted by atomic mass is 9.92. The van der Waals surface area contributed by atoms with Crippen LogP contribution in [0.1, 0.15) is 59.2 Å². The molecule has 2 saturated heterocycles. The van der Waals surface area contributed by atoms with E-state index in [2.05, 4.69) is 15.1 Å². The van der Waals surface area contributed by atoms with Gasteiger partial charge in [0.2, 0.25) is 0 Å². The Morgan fingerprint density at radius 2 is 1.70 bits per heavy atom. The number of hydrogen-bond acceptors (Lipinski definition) is 4. The molecule has 176 valence electrons. The average molecular weight is 454 g/mol. The number of anilines is 2. The summed E-state index contributed by atoms with van der Waals surface area (Å²) in [5.74, 6) is -1.59. The summed E-state index contributed by atoms with van der Waals surface area (Å²) in [6.07, 6.45) is 7.30. The summed E-state index contributed by atoms with van der Waals surface area (Å²) < 4.78 is 13.9. The van der Waals surface area contributed by atoms with Gasteiger partial charge in [0.1, 0.15) is 5.82 Å². The lowest BCUT2D eigenvalue weighted by molar-refractivity contribution is 0.0697. The van der Waals surface area contributed by atoms with E-state index in [1.54, 1.807) is 18.2 Å². The Labute approximate surface area is 194 Å². The van der Waals surface area contributed by atoms with E-state index in [1.165, 1.54) is 69.6 Å². The molecule has 2 aliphatic heterocycles. The largest absolute Gasteiger partial charge is 0.478 e. The van der Waals surface area contributed by atoms with Gasteiger partial charge in [-0.2, -0.15) is 0 Å². The Kier molecular flexibility index (Phi) is 7.60. The number of carbonyl (C=O) groups excluding carboxylic acids is 1. The molecule has 2 aliphatic rings. The van der Waals surface area contributed by atoms with Crippen LogP contribution in [0.4, 0.5) is 15.8 Å². The van der Waals surface area contributed by atoms with Crippen molar-refractivity contribution >= 4 is 23.3 Å². The molecule has 0 bridgehead atoms. The molecule has 6 nitrogen and oxygen atoms in total. The van der Waals surface area contributed by atoms with E-state index < -0.39 is 17.7 Å². The summed E-state index contributed by atoms with van der Waals surface area (Å²) in [6.45, 7) is 5.26. The van der Waals surface area contributed by atoms with Crippen LogP contribution in [-0.4, -0.2) is 54.6 Å². The summed E-state index contributed by atoms with van der Waals surface area (Å²) in [4.78, 5) is 29.1. The van der Waals surface area contributed by atoms with E-state index in [1.807, 2.05) is 0 Å². The van der Waals surface area contributed by atoms with E-state index in [0.717, 1.165) is 25.9 Å². The predicted octanol–water partition coefficient (Wildman–Crippen LogP) is 4.87. The number of rotatable bonds is 7. The second kappa shape index (κ2) is 10.8. The number of benzene rings is 2. The van der Waals surface area contributed by atoms with Gasteiger partial charge in [-0.1, -0.05) is 18.6 Å². The highest BCUT2D eigenvalue weighted by Crippen LogP contribution is 2.30. The third kappa shape index (κ3) is 5.90. The van der Waals surface area contributed by atoms with Crippen LogP contribution in [0.25, 0.3) is 0 Å². The highest BCUT2D eigenvalue weighted by Gasteiger charge is 2.24. The van der Waals surface area contributed by atoms with Crippen molar-refractivity contribution in [3.05, 3.63) is 59.4 Å². The Hall–Kier alpha value is -2.93. The monoisotopic (exact) mass is 453 g/mol. The van der Waals surface area contributed by atoms with E-state index in [9.17, 15) is 19.1 Å². The Bertz CT molecular complexity index is 982. The number of halogens is 1. The van der Waals surface area contributed by atoms with Gasteiger partial charge >= 0.3 is 5.97 Å². The minimum absolute atomic E-state index is 0.0786. The normalized spacial score (nSPS) is 17.7. The molecule has 0 spiro atoms. The Morgan fingerprint density at radius 3 is 2.39 bits per heavy atom. The zero-order valence-corrected chi connectivity index (χ0v) is 18.9. The fourth-order valence-corrected chi connectivity index (χ4v) is 4.92. The van der Waals surface area contributed by atoms with Crippen molar-refractivity contribution in [1.82, 2.24) is 4.90 Å². The molecule has 0 atom stereocenters. The number of amides is 1. The molecular weight excluding hydrogens is 421 g/mol. The van der Waals surface area contributed by atoms with Crippen LogP contribution < -0.4 is 10.2 Å². The van der Waals surface area contributed by atoms with Crippen molar-refractivity contribution in [2.24, 2.45) is 5.92 Å². The van der Waals surface area contributed by atoms with Crippen molar-refractivity contribution in [3.8, 4) is 0 Å². The molecule has 2 aromatic rings. The molecule has 0 unspecified atom stereocenters. The molecule has 0 radical (unpaired) electrons. The summed E-state index contributed by atoms with van der Waals surface area (Å²) in [5.41, 5.74) is 1.07. The van der Waals surface area contributed by atoms with Gasteiger partial charge in [0, 0.05) is 18.8 Å². The number of carbonyl (C=O) groups is 2. The molecule has 4 rings (SSSR count). The van der Waals surface area contributed by atoms with Crippen LogP contribution in [0.5, 0.6) is 0 Å². The second-order valence-corrected chi connectivity index (χ2v) is 9.09. The summed E-state index contributed by atoms with van der Waals surface area (Å²) >= 11 is 0.